The maximum Gasteiger partial charge on any atom is 0.155 e. The van der Waals surface area contributed by atoms with Crippen LogP contribution in [0, 0.1) is 6.92 Å². The van der Waals surface area contributed by atoms with Crippen molar-refractivity contribution in [2.75, 3.05) is 11.4 Å². The minimum Gasteiger partial charge on any atom is -0.346 e. The number of aromatic nitrogens is 4. The van der Waals surface area contributed by atoms with Crippen LogP contribution in [0.2, 0.25) is 0 Å². The van der Waals surface area contributed by atoms with Gasteiger partial charge in [-0.25, -0.2) is 4.98 Å². The highest BCUT2D eigenvalue weighted by molar-refractivity contribution is 9.10. The standard InChI is InChI=1S/C13H16BrN5/c1-9-10(14)5-6-12(16-9)19-7-3-4-11(19)13-17-15-8-18(13)2/h5-6,8,11H,3-4,7H2,1-2H3. The Hall–Kier alpha value is -1.43. The molecule has 6 heteroatoms. The lowest BCUT2D eigenvalue weighted by atomic mass is 10.2. The van der Waals surface area contributed by atoms with Gasteiger partial charge in [-0.15, -0.1) is 10.2 Å². The van der Waals surface area contributed by atoms with E-state index in [1.807, 2.05) is 18.5 Å². The molecule has 0 bridgehead atoms. The van der Waals surface area contributed by atoms with E-state index in [-0.39, 0.29) is 6.04 Å². The quantitative estimate of drug-likeness (QED) is 0.853. The predicted molar refractivity (Wildman–Crippen MR) is 77.0 cm³/mol. The lowest BCUT2D eigenvalue weighted by molar-refractivity contribution is 0.624. The van der Waals surface area contributed by atoms with Crippen LogP contribution in [0.4, 0.5) is 5.82 Å². The Morgan fingerprint density at radius 3 is 2.89 bits per heavy atom. The van der Waals surface area contributed by atoms with Crippen molar-refractivity contribution in [2.45, 2.75) is 25.8 Å². The van der Waals surface area contributed by atoms with Crippen LogP contribution >= 0.6 is 15.9 Å². The highest BCUT2D eigenvalue weighted by Crippen LogP contribution is 2.34. The van der Waals surface area contributed by atoms with Gasteiger partial charge >= 0.3 is 0 Å². The zero-order valence-electron chi connectivity index (χ0n) is 11.0. The summed E-state index contributed by atoms with van der Waals surface area (Å²) in [5, 5.41) is 8.23. The second-order valence-electron chi connectivity index (χ2n) is 4.89. The molecule has 3 heterocycles. The predicted octanol–water partition coefficient (Wildman–Crippen LogP) is 2.62. The van der Waals surface area contributed by atoms with Crippen molar-refractivity contribution in [1.82, 2.24) is 19.7 Å². The van der Waals surface area contributed by atoms with E-state index in [2.05, 4.69) is 48.1 Å². The number of hydrogen-bond donors (Lipinski definition) is 0. The van der Waals surface area contributed by atoms with E-state index in [0.717, 1.165) is 41.2 Å². The van der Waals surface area contributed by atoms with Crippen LogP contribution in [0.5, 0.6) is 0 Å². The highest BCUT2D eigenvalue weighted by atomic mass is 79.9. The molecule has 3 rings (SSSR count). The second kappa shape index (κ2) is 4.92. The Bertz CT molecular complexity index is 594. The molecule has 0 aliphatic carbocycles. The molecule has 1 aliphatic rings. The van der Waals surface area contributed by atoms with E-state index in [1.165, 1.54) is 0 Å². The number of pyridine rings is 1. The van der Waals surface area contributed by atoms with Gasteiger partial charge in [-0.05, 0) is 47.8 Å². The molecule has 0 saturated carbocycles. The van der Waals surface area contributed by atoms with Crippen LogP contribution in [0.25, 0.3) is 0 Å². The third-order valence-electron chi connectivity index (χ3n) is 3.60. The van der Waals surface area contributed by atoms with Gasteiger partial charge in [0.2, 0.25) is 0 Å². The van der Waals surface area contributed by atoms with Crippen LogP contribution in [0.1, 0.15) is 30.4 Å². The van der Waals surface area contributed by atoms with E-state index >= 15 is 0 Å². The van der Waals surface area contributed by atoms with Crippen LogP contribution in [-0.4, -0.2) is 26.3 Å². The summed E-state index contributed by atoms with van der Waals surface area (Å²) in [5.41, 5.74) is 1.01. The number of halogens is 1. The molecular formula is C13H16BrN5. The molecule has 0 spiro atoms. The maximum atomic E-state index is 4.67. The molecule has 2 aromatic rings. The average molecular weight is 322 g/mol. The summed E-state index contributed by atoms with van der Waals surface area (Å²) in [6, 6.07) is 4.40. The molecule has 2 aromatic heterocycles. The summed E-state index contributed by atoms with van der Waals surface area (Å²) < 4.78 is 3.04. The SMILES string of the molecule is Cc1nc(N2CCCC2c2nncn2C)ccc1Br. The fourth-order valence-corrected chi connectivity index (χ4v) is 2.81. The minimum atomic E-state index is 0.278. The van der Waals surface area contributed by atoms with Crippen molar-refractivity contribution in [1.29, 1.82) is 0 Å². The third kappa shape index (κ3) is 2.25. The fourth-order valence-electron chi connectivity index (χ4n) is 2.59. The summed E-state index contributed by atoms with van der Waals surface area (Å²) in [7, 11) is 1.99. The van der Waals surface area contributed by atoms with Crippen molar-refractivity contribution >= 4 is 21.7 Å². The van der Waals surface area contributed by atoms with E-state index in [4.69, 9.17) is 0 Å². The highest BCUT2D eigenvalue weighted by Gasteiger charge is 2.30. The first-order valence-corrected chi connectivity index (χ1v) is 7.20. The second-order valence-corrected chi connectivity index (χ2v) is 5.74. The van der Waals surface area contributed by atoms with Crippen molar-refractivity contribution in [3.05, 3.63) is 34.5 Å². The van der Waals surface area contributed by atoms with Crippen LogP contribution in [-0.2, 0) is 7.05 Å². The lowest BCUT2D eigenvalue weighted by Crippen LogP contribution is -2.25. The average Bonchev–Trinajstić information content (AvgIpc) is 3.00. The zero-order chi connectivity index (χ0) is 13.4. The largest absolute Gasteiger partial charge is 0.346 e. The van der Waals surface area contributed by atoms with Crippen LogP contribution < -0.4 is 4.90 Å². The van der Waals surface area contributed by atoms with Gasteiger partial charge in [0, 0.05) is 18.1 Å². The molecule has 5 nitrogen and oxygen atoms in total. The van der Waals surface area contributed by atoms with E-state index in [9.17, 15) is 0 Å². The van der Waals surface area contributed by atoms with Gasteiger partial charge in [0.05, 0.1) is 11.7 Å². The van der Waals surface area contributed by atoms with Crippen molar-refractivity contribution in [3.8, 4) is 0 Å². The molecule has 1 atom stereocenters. The summed E-state index contributed by atoms with van der Waals surface area (Å²) in [5.74, 6) is 2.03. The fraction of sp³-hybridized carbons (Fsp3) is 0.462. The van der Waals surface area contributed by atoms with Gasteiger partial charge in [-0.2, -0.15) is 0 Å². The molecule has 0 radical (unpaired) electrons. The Kier molecular flexibility index (Phi) is 3.26. The molecule has 1 saturated heterocycles. The van der Waals surface area contributed by atoms with Gasteiger partial charge in [0.15, 0.2) is 5.82 Å². The lowest BCUT2D eigenvalue weighted by Gasteiger charge is -2.25. The zero-order valence-corrected chi connectivity index (χ0v) is 12.6. The van der Waals surface area contributed by atoms with Gasteiger partial charge < -0.3 is 9.47 Å². The first kappa shape index (κ1) is 12.6. The molecule has 0 aromatic carbocycles. The van der Waals surface area contributed by atoms with Crippen LogP contribution in [0.15, 0.2) is 22.9 Å². The molecular weight excluding hydrogens is 306 g/mol. The molecule has 1 unspecified atom stereocenters. The molecule has 100 valence electrons. The summed E-state index contributed by atoms with van der Waals surface area (Å²) >= 11 is 3.50. The monoisotopic (exact) mass is 321 g/mol. The molecule has 1 aliphatic heterocycles. The van der Waals surface area contributed by atoms with E-state index in [0.29, 0.717) is 0 Å². The van der Waals surface area contributed by atoms with Crippen molar-refractivity contribution in [2.24, 2.45) is 7.05 Å². The number of nitrogens with zero attached hydrogens (tertiary/aromatic N) is 5. The molecule has 19 heavy (non-hydrogen) atoms. The van der Waals surface area contributed by atoms with Crippen molar-refractivity contribution < 1.29 is 0 Å². The Balaban J connectivity index is 1.95. The van der Waals surface area contributed by atoms with Crippen LogP contribution in [0.3, 0.4) is 0 Å². The molecule has 1 fully saturated rings. The topological polar surface area (TPSA) is 46.8 Å². The van der Waals surface area contributed by atoms with Crippen molar-refractivity contribution in [3.63, 3.8) is 0 Å². The van der Waals surface area contributed by atoms with Gasteiger partial charge in [-0.3, -0.25) is 0 Å². The summed E-state index contributed by atoms with van der Waals surface area (Å²) in [6.45, 7) is 3.03. The van der Waals surface area contributed by atoms with Gasteiger partial charge in [-0.1, -0.05) is 0 Å². The third-order valence-corrected chi connectivity index (χ3v) is 4.44. The minimum absolute atomic E-state index is 0.278. The van der Waals surface area contributed by atoms with Gasteiger partial charge in [0.1, 0.15) is 12.1 Å². The Morgan fingerprint density at radius 2 is 2.21 bits per heavy atom. The number of aryl methyl sites for hydroxylation is 2. The summed E-state index contributed by atoms with van der Waals surface area (Å²) in [4.78, 5) is 6.99. The number of anilines is 1. The number of rotatable bonds is 2. The Morgan fingerprint density at radius 1 is 1.37 bits per heavy atom. The normalized spacial score (nSPS) is 19.1. The number of hydrogen-bond acceptors (Lipinski definition) is 4. The van der Waals surface area contributed by atoms with E-state index in [1.54, 1.807) is 6.33 Å². The summed E-state index contributed by atoms with van der Waals surface area (Å²) in [6.07, 6.45) is 4.02. The maximum absolute atomic E-state index is 4.67. The van der Waals surface area contributed by atoms with Gasteiger partial charge in [0.25, 0.3) is 0 Å². The first-order chi connectivity index (χ1) is 9.16. The molecule has 0 amide bonds. The molecule has 0 N–H and O–H groups in total. The first-order valence-electron chi connectivity index (χ1n) is 6.40. The Labute approximate surface area is 120 Å². The smallest absolute Gasteiger partial charge is 0.155 e. The van der Waals surface area contributed by atoms with E-state index < -0.39 is 0 Å².